The third-order valence-corrected chi connectivity index (χ3v) is 1.82. The van der Waals surface area contributed by atoms with Crippen LogP contribution in [0.1, 0.15) is 11.9 Å². The summed E-state index contributed by atoms with van der Waals surface area (Å²) in [7, 11) is 0. The summed E-state index contributed by atoms with van der Waals surface area (Å²) < 4.78 is 1.61. The quantitative estimate of drug-likeness (QED) is 0.562. The lowest BCUT2D eigenvalue weighted by atomic mass is 10.2. The largest absolute Gasteiger partial charge is 0.480 e. The highest BCUT2D eigenvalue weighted by atomic mass is 16.4. The average molecular weight is 168 g/mol. The van der Waals surface area contributed by atoms with E-state index in [1.165, 1.54) is 6.33 Å². The molecule has 1 aromatic heterocycles. The van der Waals surface area contributed by atoms with E-state index in [4.69, 9.17) is 5.11 Å². The van der Waals surface area contributed by atoms with Gasteiger partial charge in [-0.1, -0.05) is 0 Å². The molecule has 0 bridgehead atoms. The number of hydrogen-bond acceptors (Lipinski definition) is 4. The van der Waals surface area contributed by atoms with E-state index in [0.717, 1.165) is 0 Å². The van der Waals surface area contributed by atoms with Crippen molar-refractivity contribution < 1.29 is 9.90 Å². The Labute approximate surface area is 68.2 Å². The van der Waals surface area contributed by atoms with E-state index in [0.29, 0.717) is 18.9 Å². The van der Waals surface area contributed by atoms with E-state index >= 15 is 0 Å². The Morgan fingerprint density at radius 3 is 3.42 bits per heavy atom. The van der Waals surface area contributed by atoms with Crippen LogP contribution in [0.15, 0.2) is 6.33 Å². The number of carbonyl (C=O) groups is 1. The molecule has 0 saturated heterocycles. The molecule has 6 nitrogen and oxygen atoms in total. The Morgan fingerprint density at radius 2 is 2.67 bits per heavy atom. The predicted molar refractivity (Wildman–Crippen MR) is 38.4 cm³/mol. The molecule has 0 saturated carbocycles. The molecule has 6 heteroatoms. The Bertz CT molecular complexity index is 308. The van der Waals surface area contributed by atoms with Crippen molar-refractivity contribution in [3.05, 3.63) is 12.2 Å². The summed E-state index contributed by atoms with van der Waals surface area (Å²) in [6.45, 7) is 1.30. The van der Waals surface area contributed by atoms with Gasteiger partial charge in [0.2, 0.25) is 0 Å². The summed E-state index contributed by atoms with van der Waals surface area (Å²) in [4.78, 5) is 14.5. The minimum Gasteiger partial charge on any atom is -0.480 e. The van der Waals surface area contributed by atoms with Crippen LogP contribution in [0.2, 0.25) is 0 Å². The number of fused-ring (bicyclic) bond motifs is 1. The summed E-state index contributed by atoms with van der Waals surface area (Å²) in [5, 5.41) is 15.5. The number of hydrogen-bond donors (Lipinski definition) is 2. The highest BCUT2D eigenvalue weighted by molar-refractivity contribution is 5.74. The van der Waals surface area contributed by atoms with Gasteiger partial charge in [0.15, 0.2) is 11.9 Å². The summed E-state index contributed by atoms with van der Waals surface area (Å²) in [5.41, 5.74) is 0. The van der Waals surface area contributed by atoms with Gasteiger partial charge in [0.1, 0.15) is 6.33 Å². The minimum absolute atomic E-state index is 0.480. The van der Waals surface area contributed by atoms with Gasteiger partial charge in [0, 0.05) is 6.54 Å². The van der Waals surface area contributed by atoms with Gasteiger partial charge in [0.05, 0.1) is 6.54 Å². The van der Waals surface area contributed by atoms with Crippen LogP contribution in [0.25, 0.3) is 0 Å². The second kappa shape index (κ2) is 2.56. The smallest absolute Gasteiger partial charge is 0.328 e. The maximum Gasteiger partial charge on any atom is 0.328 e. The van der Waals surface area contributed by atoms with Crippen LogP contribution in [-0.4, -0.2) is 32.4 Å². The molecule has 1 unspecified atom stereocenters. The second-order valence-corrected chi connectivity index (χ2v) is 2.57. The van der Waals surface area contributed by atoms with Gasteiger partial charge >= 0.3 is 5.97 Å². The molecule has 12 heavy (non-hydrogen) atoms. The zero-order chi connectivity index (χ0) is 8.55. The minimum atomic E-state index is -0.913. The second-order valence-electron chi connectivity index (χ2n) is 2.57. The molecule has 64 valence electrons. The lowest BCUT2D eigenvalue weighted by Crippen LogP contribution is -2.38. The van der Waals surface area contributed by atoms with E-state index in [2.05, 4.69) is 15.4 Å². The molecular weight excluding hydrogens is 160 g/mol. The van der Waals surface area contributed by atoms with Gasteiger partial charge in [-0.15, -0.1) is 0 Å². The van der Waals surface area contributed by atoms with E-state index < -0.39 is 12.0 Å². The molecule has 0 fully saturated rings. The summed E-state index contributed by atoms with van der Waals surface area (Å²) >= 11 is 0. The van der Waals surface area contributed by atoms with Crippen LogP contribution in [-0.2, 0) is 11.3 Å². The van der Waals surface area contributed by atoms with Crippen LogP contribution in [0.5, 0.6) is 0 Å². The Hall–Kier alpha value is -1.43. The highest BCUT2D eigenvalue weighted by Crippen LogP contribution is 2.12. The van der Waals surface area contributed by atoms with Crippen LogP contribution in [0, 0.1) is 0 Å². The van der Waals surface area contributed by atoms with Crippen LogP contribution in [0.4, 0.5) is 0 Å². The number of carboxylic acid groups (broad SMARTS) is 1. The molecule has 0 radical (unpaired) electrons. The molecule has 1 atom stereocenters. The fourth-order valence-corrected chi connectivity index (χ4v) is 1.27. The van der Waals surface area contributed by atoms with Crippen molar-refractivity contribution in [2.45, 2.75) is 12.6 Å². The SMILES string of the molecule is O=C(O)C1NCCn2ncnc21. The van der Waals surface area contributed by atoms with Crippen molar-refractivity contribution >= 4 is 5.97 Å². The van der Waals surface area contributed by atoms with E-state index in [1.54, 1.807) is 4.68 Å². The fraction of sp³-hybridized carbons (Fsp3) is 0.500. The molecule has 0 aromatic carbocycles. The molecule has 2 N–H and O–H groups in total. The fourth-order valence-electron chi connectivity index (χ4n) is 1.27. The molecule has 2 rings (SSSR count). The zero-order valence-corrected chi connectivity index (χ0v) is 6.27. The van der Waals surface area contributed by atoms with Crippen molar-refractivity contribution in [3.63, 3.8) is 0 Å². The summed E-state index contributed by atoms with van der Waals surface area (Å²) in [6, 6.07) is -0.707. The average Bonchev–Trinajstić information content (AvgIpc) is 2.49. The molecule has 1 aliphatic rings. The number of rotatable bonds is 1. The molecule has 0 amide bonds. The number of aromatic nitrogens is 3. The first-order valence-corrected chi connectivity index (χ1v) is 3.63. The number of aliphatic carboxylic acids is 1. The molecule has 0 aliphatic carbocycles. The van der Waals surface area contributed by atoms with Crippen LogP contribution in [0.3, 0.4) is 0 Å². The van der Waals surface area contributed by atoms with E-state index in [9.17, 15) is 4.79 Å². The van der Waals surface area contributed by atoms with Crippen LogP contribution < -0.4 is 5.32 Å². The molecular formula is C6H8N4O2. The number of nitrogens with one attached hydrogen (secondary N) is 1. The summed E-state index contributed by atoms with van der Waals surface area (Å²) in [6.07, 6.45) is 1.37. The molecule has 1 aromatic rings. The lowest BCUT2D eigenvalue weighted by molar-refractivity contribution is -0.140. The first kappa shape index (κ1) is 7.23. The van der Waals surface area contributed by atoms with Crippen molar-refractivity contribution in [1.29, 1.82) is 0 Å². The van der Waals surface area contributed by atoms with Crippen molar-refractivity contribution in [3.8, 4) is 0 Å². The Kier molecular flexibility index (Phi) is 1.54. The van der Waals surface area contributed by atoms with Crippen LogP contribution >= 0.6 is 0 Å². The third kappa shape index (κ3) is 0.964. The van der Waals surface area contributed by atoms with Gasteiger partial charge in [-0.05, 0) is 0 Å². The molecule has 1 aliphatic heterocycles. The van der Waals surface area contributed by atoms with E-state index in [1.807, 2.05) is 0 Å². The molecule has 0 spiro atoms. The highest BCUT2D eigenvalue weighted by Gasteiger charge is 2.27. The summed E-state index contributed by atoms with van der Waals surface area (Å²) in [5.74, 6) is -0.433. The predicted octanol–water partition coefficient (Wildman–Crippen LogP) is -0.993. The lowest BCUT2D eigenvalue weighted by Gasteiger charge is -2.19. The topological polar surface area (TPSA) is 80.0 Å². The maximum absolute atomic E-state index is 10.7. The molecule has 2 heterocycles. The van der Waals surface area contributed by atoms with Crippen molar-refractivity contribution in [2.75, 3.05) is 6.54 Å². The van der Waals surface area contributed by atoms with Gasteiger partial charge in [-0.3, -0.25) is 10.1 Å². The van der Waals surface area contributed by atoms with Crippen molar-refractivity contribution in [2.24, 2.45) is 0 Å². The van der Waals surface area contributed by atoms with Crippen molar-refractivity contribution in [1.82, 2.24) is 20.1 Å². The zero-order valence-electron chi connectivity index (χ0n) is 6.27. The Morgan fingerprint density at radius 1 is 1.83 bits per heavy atom. The normalized spacial score (nSPS) is 21.8. The first-order chi connectivity index (χ1) is 5.79. The van der Waals surface area contributed by atoms with Gasteiger partial charge in [-0.25, -0.2) is 9.67 Å². The monoisotopic (exact) mass is 168 g/mol. The van der Waals surface area contributed by atoms with E-state index in [-0.39, 0.29) is 0 Å². The maximum atomic E-state index is 10.7. The first-order valence-electron chi connectivity index (χ1n) is 3.63. The van der Waals surface area contributed by atoms with Gasteiger partial charge in [-0.2, -0.15) is 5.10 Å². The van der Waals surface area contributed by atoms with Gasteiger partial charge < -0.3 is 5.11 Å². The number of nitrogens with zero attached hydrogens (tertiary/aromatic N) is 3. The third-order valence-electron chi connectivity index (χ3n) is 1.82. The number of carboxylic acids is 1. The Balaban J connectivity index is 2.37. The van der Waals surface area contributed by atoms with Gasteiger partial charge in [0.25, 0.3) is 0 Å². The standard InChI is InChI=1S/C6H8N4O2/c11-6(12)4-5-8-3-9-10(5)2-1-7-4/h3-4,7H,1-2H2,(H,11,12).